The number of benzene rings is 1. The third kappa shape index (κ3) is 1.09. The molecule has 3 rings (SSSR count). The van der Waals surface area contributed by atoms with E-state index < -0.39 is 0 Å². The number of hydrogen-bond donors (Lipinski definition) is 0. The van der Waals surface area contributed by atoms with E-state index in [0.29, 0.717) is 5.92 Å². The highest BCUT2D eigenvalue weighted by Gasteiger charge is 2.32. The molecule has 0 bridgehead atoms. The van der Waals surface area contributed by atoms with Crippen molar-refractivity contribution < 1.29 is 4.57 Å². The molecule has 1 aromatic carbocycles. The lowest BCUT2D eigenvalue weighted by Gasteiger charge is -2.04. The Bertz CT molecular complexity index is 518. The highest BCUT2D eigenvalue weighted by atomic mass is 14.9. The van der Waals surface area contributed by atoms with Gasteiger partial charge in [0, 0.05) is 17.5 Å². The third-order valence-electron chi connectivity index (χ3n) is 3.69. The molecule has 1 heterocycles. The molecule has 1 aliphatic carbocycles. The molecule has 1 heteroatoms. The number of nitrogens with zero attached hydrogens (tertiary/aromatic N) is 1. The van der Waals surface area contributed by atoms with Gasteiger partial charge in [-0.1, -0.05) is 25.1 Å². The lowest BCUT2D eigenvalue weighted by Crippen LogP contribution is -2.30. The van der Waals surface area contributed by atoms with Gasteiger partial charge in [-0.15, -0.1) is 0 Å². The molecule has 0 aliphatic heterocycles. The van der Waals surface area contributed by atoms with Crippen molar-refractivity contribution in [2.24, 2.45) is 7.05 Å². The van der Waals surface area contributed by atoms with Gasteiger partial charge in [0.1, 0.15) is 7.05 Å². The van der Waals surface area contributed by atoms with Crippen molar-refractivity contribution in [3.63, 3.8) is 0 Å². The highest BCUT2D eigenvalue weighted by Crippen LogP contribution is 2.43. The van der Waals surface area contributed by atoms with Gasteiger partial charge in [0.15, 0.2) is 6.20 Å². The molecule has 1 atom stereocenters. The molecule has 1 unspecified atom stereocenters. The average molecular weight is 210 g/mol. The van der Waals surface area contributed by atoms with Gasteiger partial charge in [0.2, 0.25) is 5.69 Å². The Kier molecular flexibility index (Phi) is 1.90. The van der Waals surface area contributed by atoms with E-state index >= 15 is 0 Å². The fraction of sp³-hybridized carbons (Fsp3) is 0.267. The minimum atomic E-state index is 0.525. The van der Waals surface area contributed by atoms with E-state index in [9.17, 15) is 0 Å². The van der Waals surface area contributed by atoms with Crippen molar-refractivity contribution in [1.29, 1.82) is 0 Å². The highest BCUT2D eigenvalue weighted by molar-refractivity contribution is 5.76. The van der Waals surface area contributed by atoms with Gasteiger partial charge in [-0.05, 0) is 24.1 Å². The normalized spacial score (nSPS) is 17.1. The van der Waals surface area contributed by atoms with Crippen LogP contribution in [0.15, 0.2) is 36.5 Å². The van der Waals surface area contributed by atoms with Crippen LogP contribution in [0.2, 0.25) is 0 Å². The van der Waals surface area contributed by atoms with Crippen LogP contribution < -0.4 is 4.57 Å². The maximum absolute atomic E-state index is 2.30. The van der Waals surface area contributed by atoms with E-state index in [1.165, 1.54) is 27.9 Å². The topological polar surface area (TPSA) is 3.88 Å². The molecule has 80 valence electrons. The van der Waals surface area contributed by atoms with Crippen LogP contribution in [0, 0.1) is 6.92 Å². The molecule has 1 aliphatic rings. The summed E-state index contributed by atoms with van der Waals surface area (Å²) in [7, 11) is 2.13. The van der Waals surface area contributed by atoms with Crippen molar-refractivity contribution in [3.05, 3.63) is 53.2 Å². The smallest absolute Gasteiger partial charge is 0.201 e. The fourth-order valence-electron chi connectivity index (χ4n) is 2.85. The number of rotatable bonds is 0. The molecule has 0 amide bonds. The summed E-state index contributed by atoms with van der Waals surface area (Å²) in [5.74, 6) is 0.525. The van der Waals surface area contributed by atoms with Crippen LogP contribution in [0.25, 0.3) is 11.3 Å². The SMILES string of the molecule is Cc1cccc2c1-c1c(ccc[n+]1C)C2C. The van der Waals surface area contributed by atoms with Gasteiger partial charge < -0.3 is 0 Å². The van der Waals surface area contributed by atoms with Crippen LogP contribution in [0.1, 0.15) is 29.5 Å². The lowest BCUT2D eigenvalue weighted by molar-refractivity contribution is -0.660. The quantitative estimate of drug-likeness (QED) is 0.589. The Morgan fingerprint density at radius 2 is 1.81 bits per heavy atom. The summed E-state index contributed by atoms with van der Waals surface area (Å²) in [4.78, 5) is 0. The number of aryl methyl sites for hydroxylation is 2. The van der Waals surface area contributed by atoms with Gasteiger partial charge in [-0.3, -0.25) is 0 Å². The van der Waals surface area contributed by atoms with Crippen LogP contribution in [0.5, 0.6) is 0 Å². The first-order chi connectivity index (χ1) is 7.70. The monoisotopic (exact) mass is 210 g/mol. The van der Waals surface area contributed by atoms with Crippen LogP contribution >= 0.6 is 0 Å². The first-order valence-corrected chi connectivity index (χ1v) is 5.78. The Labute approximate surface area is 96.4 Å². The number of hydrogen-bond acceptors (Lipinski definition) is 0. The summed E-state index contributed by atoms with van der Waals surface area (Å²) in [6.07, 6.45) is 2.13. The Balaban J connectivity index is 2.43. The van der Waals surface area contributed by atoms with E-state index in [1.54, 1.807) is 0 Å². The Morgan fingerprint density at radius 1 is 1.06 bits per heavy atom. The number of pyridine rings is 1. The fourth-order valence-corrected chi connectivity index (χ4v) is 2.85. The van der Waals surface area contributed by atoms with E-state index in [4.69, 9.17) is 0 Å². The Hall–Kier alpha value is -1.63. The van der Waals surface area contributed by atoms with Gasteiger partial charge in [-0.25, -0.2) is 4.57 Å². The maximum Gasteiger partial charge on any atom is 0.216 e. The zero-order chi connectivity index (χ0) is 11.3. The zero-order valence-electron chi connectivity index (χ0n) is 9.99. The van der Waals surface area contributed by atoms with Crippen molar-refractivity contribution in [1.82, 2.24) is 0 Å². The standard InChI is InChI=1S/C15H16N/c1-10-6-4-7-12-11(2)13-8-5-9-16(3)15(13)14(10)12/h4-9,11H,1-3H3/q+1. The minimum absolute atomic E-state index is 0.525. The molecule has 0 saturated heterocycles. The molecule has 16 heavy (non-hydrogen) atoms. The summed E-state index contributed by atoms with van der Waals surface area (Å²) >= 11 is 0. The molecule has 2 aromatic rings. The summed E-state index contributed by atoms with van der Waals surface area (Å²) in [6, 6.07) is 11.0. The summed E-state index contributed by atoms with van der Waals surface area (Å²) < 4.78 is 2.24. The van der Waals surface area contributed by atoms with Crippen LogP contribution in [-0.4, -0.2) is 0 Å². The largest absolute Gasteiger partial charge is 0.216 e. The molecular formula is C15H16N+. The van der Waals surface area contributed by atoms with Crippen LogP contribution in [-0.2, 0) is 7.05 Å². The number of aromatic nitrogens is 1. The van der Waals surface area contributed by atoms with Crippen molar-refractivity contribution >= 4 is 0 Å². The maximum atomic E-state index is 2.30. The van der Waals surface area contributed by atoms with E-state index in [0.717, 1.165) is 0 Å². The van der Waals surface area contributed by atoms with Crippen LogP contribution in [0.3, 0.4) is 0 Å². The molecule has 0 fully saturated rings. The van der Waals surface area contributed by atoms with Crippen LogP contribution in [0.4, 0.5) is 0 Å². The summed E-state index contributed by atoms with van der Waals surface area (Å²) in [5.41, 5.74) is 7.13. The zero-order valence-corrected chi connectivity index (χ0v) is 9.99. The van der Waals surface area contributed by atoms with Crippen molar-refractivity contribution in [3.8, 4) is 11.3 Å². The molecule has 1 nitrogen and oxygen atoms in total. The molecule has 0 spiro atoms. The number of fused-ring (bicyclic) bond motifs is 3. The first kappa shape index (κ1) is 9.59. The van der Waals surface area contributed by atoms with Crippen molar-refractivity contribution in [2.45, 2.75) is 19.8 Å². The van der Waals surface area contributed by atoms with E-state index in [-0.39, 0.29) is 0 Å². The molecule has 1 aromatic heterocycles. The lowest BCUT2D eigenvalue weighted by atomic mass is 9.98. The third-order valence-corrected chi connectivity index (χ3v) is 3.69. The Morgan fingerprint density at radius 3 is 2.62 bits per heavy atom. The van der Waals surface area contributed by atoms with Gasteiger partial charge in [0.05, 0.1) is 5.56 Å². The van der Waals surface area contributed by atoms with E-state index in [2.05, 4.69) is 62.0 Å². The second-order valence-electron chi connectivity index (χ2n) is 4.68. The predicted molar refractivity (Wildman–Crippen MR) is 65.3 cm³/mol. The second kappa shape index (κ2) is 3.18. The van der Waals surface area contributed by atoms with Gasteiger partial charge in [0.25, 0.3) is 0 Å². The van der Waals surface area contributed by atoms with Gasteiger partial charge >= 0.3 is 0 Å². The predicted octanol–water partition coefficient (Wildman–Crippen LogP) is 2.95. The minimum Gasteiger partial charge on any atom is -0.201 e. The molecular weight excluding hydrogens is 194 g/mol. The molecule has 0 radical (unpaired) electrons. The van der Waals surface area contributed by atoms with E-state index in [1.807, 2.05) is 0 Å². The van der Waals surface area contributed by atoms with Gasteiger partial charge in [-0.2, -0.15) is 0 Å². The summed E-state index contributed by atoms with van der Waals surface area (Å²) in [6.45, 7) is 4.50. The van der Waals surface area contributed by atoms with Crippen molar-refractivity contribution in [2.75, 3.05) is 0 Å². The molecule has 0 N–H and O–H groups in total. The molecule has 0 saturated carbocycles. The first-order valence-electron chi connectivity index (χ1n) is 5.78. The average Bonchev–Trinajstić information content (AvgIpc) is 2.56. The summed E-state index contributed by atoms with van der Waals surface area (Å²) in [5, 5.41) is 0. The second-order valence-corrected chi connectivity index (χ2v) is 4.68.